The van der Waals surface area contributed by atoms with Crippen LogP contribution >= 0.6 is 11.3 Å². The third kappa shape index (κ3) is 2.45. The molecule has 1 aliphatic rings. The first-order chi connectivity index (χ1) is 9.71. The Hall–Kier alpha value is -1.40. The van der Waals surface area contributed by atoms with Crippen LogP contribution in [0.5, 0.6) is 0 Å². The molecule has 0 atom stereocenters. The van der Waals surface area contributed by atoms with Crippen molar-refractivity contribution in [2.24, 2.45) is 5.92 Å². The Kier molecular flexibility index (Phi) is 3.76. The van der Waals surface area contributed by atoms with Gasteiger partial charge < -0.3 is 15.7 Å². The van der Waals surface area contributed by atoms with Crippen LogP contribution in [0.4, 0.5) is 11.8 Å². The Bertz CT molecular complexity index is 604. The second-order valence-corrected chi connectivity index (χ2v) is 6.42. The first-order valence-electron chi connectivity index (χ1n) is 7.13. The Labute approximate surface area is 122 Å². The average molecular weight is 292 g/mol. The molecular formula is C14H20N4OS. The summed E-state index contributed by atoms with van der Waals surface area (Å²) in [5.41, 5.74) is 5.85. The summed E-state index contributed by atoms with van der Waals surface area (Å²) in [6.45, 7) is 4.28. The summed E-state index contributed by atoms with van der Waals surface area (Å²) in [6, 6.07) is 2.19. The molecule has 1 aliphatic heterocycles. The predicted molar refractivity (Wildman–Crippen MR) is 83.2 cm³/mol. The fourth-order valence-electron chi connectivity index (χ4n) is 2.71. The summed E-state index contributed by atoms with van der Waals surface area (Å²) in [5.74, 6) is 1.73. The first-order valence-corrected chi connectivity index (χ1v) is 7.94. The highest BCUT2D eigenvalue weighted by atomic mass is 32.1. The van der Waals surface area contributed by atoms with Crippen molar-refractivity contribution < 1.29 is 5.11 Å². The Morgan fingerprint density at radius 2 is 2.15 bits per heavy atom. The fourth-order valence-corrected chi connectivity index (χ4v) is 3.68. The van der Waals surface area contributed by atoms with Gasteiger partial charge in [-0.3, -0.25) is 0 Å². The van der Waals surface area contributed by atoms with Crippen LogP contribution in [0.1, 0.15) is 24.6 Å². The molecule has 0 bridgehead atoms. The lowest BCUT2D eigenvalue weighted by molar-refractivity contribution is 0.203. The van der Waals surface area contributed by atoms with E-state index in [1.54, 1.807) is 11.3 Å². The maximum Gasteiger partial charge on any atom is 0.223 e. The zero-order chi connectivity index (χ0) is 14.1. The van der Waals surface area contributed by atoms with Crippen molar-refractivity contribution in [3.63, 3.8) is 0 Å². The Morgan fingerprint density at radius 3 is 2.80 bits per heavy atom. The van der Waals surface area contributed by atoms with E-state index in [4.69, 9.17) is 5.73 Å². The van der Waals surface area contributed by atoms with Crippen molar-refractivity contribution in [3.05, 3.63) is 10.9 Å². The molecule has 3 N–H and O–H groups in total. The summed E-state index contributed by atoms with van der Waals surface area (Å²) in [4.78, 5) is 13.4. The molecule has 0 aliphatic carbocycles. The van der Waals surface area contributed by atoms with E-state index >= 15 is 0 Å². The summed E-state index contributed by atoms with van der Waals surface area (Å²) in [7, 11) is 0. The molecular weight excluding hydrogens is 272 g/mol. The SMILES string of the molecule is CCc1cc2c(N3CCC(CO)CC3)nc(N)nc2s1. The van der Waals surface area contributed by atoms with E-state index < -0.39 is 0 Å². The van der Waals surface area contributed by atoms with Crippen molar-refractivity contribution in [2.75, 3.05) is 30.3 Å². The van der Waals surface area contributed by atoms with E-state index in [0.717, 1.165) is 48.4 Å². The third-order valence-electron chi connectivity index (χ3n) is 3.96. The van der Waals surface area contributed by atoms with Gasteiger partial charge in [0.15, 0.2) is 0 Å². The van der Waals surface area contributed by atoms with Crippen molar-refractivity contribution >= 4 is 33.3 Å². The lowest BCUT2D eigenvalue weighted by Gasteiger charge is -2.32. The molecule has 1 fully saturated rings. The van der Waals surface area contributed by atoms with E-state index in [9.17, 15) is 5.11 Å². The summed E-state index contributed by atoms with van der Waals surface area (Å²) >= 11 is 1.70. The van der Waals surface area contributed by atoms with Crippen LogP contribution in [0.3, 0.4) is 0 Å². The number of aliphatic hydroxyl groups is 1. The van der Waals surface area contributed by atoms with E-state index in [1.807, 2.05) is 0 Å². The molecule has 0 unspecified atom stereocenters. The number of thiophene rings is 1. The molecule has 3 heterocycles. The van der Waals surface area contributed by atoms with Gasteiger partial charge in [-0.05, 0) is 31.2 Å². The van der Waals surface area contributed by atoms with Gasteiger partial charge in [-0.2, -0.15) is 4.98 Å². The van der Waals surface area contributed by atoms with Gasteiger partial charge in [0.05, 0.1) is 5.39 Å². The summed E-state index contributed by atoms with van der Waals surface area (Å²) < 4.78 is 0. The van der Waals surface area contributed by atoms with E-state index in [0.29, 0.717) is 11.9 Å². The van der Waals surface area contributed by atoms with Gasteiger partial charge in [0.25, 0.3) is 0 Å². The highest BCUT2D eigenvalue weighted by Gasteiger charge is 2.22. The number of anilines is 2. The van der Waals surface area contributed by atoms with Crippen LogP contribution in [0, 0.1) is 5.92 Å². The molecule has 0 aromatic carbocycles. The van der Waals surface area contributed by atoms with E-state index in [1.165, 1.54) is 4.88 Å². The van der Waals surface area contributed by atoms with Gasteiger partial charge >= 0.3 is 0 Å². The Balaban J connectivity index is 1.96. The zero-order valence-corrected chi connectivity index (χ0v) is 12.5. The second kappa shape index (κ2) is 5.54. The number of piperidine rings is 1. The maximum atomic E-state index is 9.24. The second-order valence-electron chi connectivity index (χ2n) is 5.30. The molecule has 1 saturated heterocycles. The quantitative estimate of drug-likeness (QED) is 0.905. The van der Waals surface area contributed by atoms with Gasteiger partial charge in [0.2, 0.25) is 5.95 Å². The third-order valence-corrected chi connectivity index (χ3v) is 5.13. The smallest absolute Gasteiger partial charge is 0.223 e. The molecule has 0 saturated carbocycles. The summed E-state index contributed by atoms with van der Waals surface area (Å²) in [5, 5.41) is 10.4. The monoisotopic (exact) mass is 292 g/mol. The van der Waals surface area contributed by atoms with Gasteiger partial charge in [-0.25, -0.2) is 4.98 Å². The maximum absolute atomic E-state index is 9.24. The molecule has 3 rings (SSSR count). The van der Waals surface area contributed by atoms with E-state index in [2.05, 4.69) is 27.9 Å². The molecule has 0 amide bonds. The topological polar surface area (TPSA) is 75.3 Å². The number of nitrogens with two attached hydrogens (primary N) is 1. The Morgan fingerprint density at radius 1 is 1.40 bits per heavy atom. The predicted octanol–water partition coefficient (Wildman–Crippen LogP) is 2.04. The number of hydrogen-bond acceptors (Lipinski definition) is 6. The van der Waals surface area contributed by atoms with Crippen molar-refractivity contribution in [1.82, 2.24) is 9.97 Å². The molecule has 20 heavy (non-hydrogen) atoms. The molecule has 0 spiro atoms. The van der Waals surface area contributed by atoms with Crippen LogP contribution in [0.15, 0.2) is 6.07 Å². The minimum atomic E-state index is 0.285. The standard InChI is InChI=1S/C14H20N4OS/c1-2-10-7-11-12(16-14(15)17-13(11)20-10)18-5-3-9(8-19)4-6-18/h7,9,19H,2-6,8H2,1H3,(H2,15,16,17). The highest BCUT2D eigenvalue weighted by molar-refractivity contribution is 7.18. The average Bonchev–Trinajstić information content (AvgIpc) is 2.89. The van der Waals surface area contributed by atoms with Crippen molar-refractivity contribution in [1.29, 1.82) is 0 Å². The van der Waals surface area contributed by atoms with Gasteiger partial charge in [-0.15, -0.1) is 11.3 Å². The first kappa shape index (κ1) is 13.6. The fraction of sp³-hybridized carbons (Fsp3) is 0.571. The minimum Gasteiger partial charge on any atom is -0.396 e. The number of hydrogen-bond donors (Lipinski definition) is 2. The molecule has 2 aromatic rings. The van der Waals surface area contributed by atoms with Crippen molar-refractivity contribution in [2.45, 2.75) is 26.2 Å². The van der Waals surface area contributed by atoms with E-state index in [-0.39, 0.29) is 6.61 Å². The largest absolute Gasteiger partial charge is 0.396 e. The van der Waals surface area contributed by atoms with Gasteiger partial charge in [0, 0.05) is 24.6 Å². The number of aliphatic hydroxyl groups excluding tert-OH is 1. The van der Waals surface area contributed by atoms with Crippen molar-refractivity contribution in [3.8, 4) is 0 Å². The van der Waals surface area contributed by atoms with Gasteiger partial charge in [0.1, 0.15) is 10.6 Å². The zero-order valence-electron chi connectivity index (χ0n) is 11.7. The number of nitrogens with zero attached hydrogens (tertiary/aromatic N) is 3. The van der Waals surface area contributed by atoms with Crippen LogP contribution < -0.4 is 10.6 Å². The molecule has 2 aromatic heterocycles. The highest BCUT2D eigenvalue weighted by Crippen LogP contribution is 2.33. The number of fused-ring (bicyclic) bond motifs is 1. The van der Waals surface area contributed by atoms with Crippen LogP contribution in [0.2, 0.25) is 0 Å². The lowest BCUT2D eigenvalue weighted by Crippen LogP contribution is -2.35. The van der Waals surface area contributed by atoms with Crippen LogP contribution in [-0.4, -0.2) is 34.8 Å². The molecule has 6 heteroatoms. The molecule has 5 nitrogen and oxygen atoms in total. The number of rotatable bonds is 3. The molecule has 108 valence electrons. The summed E-state index contributed by atoms with van der Waals surface area (Å²) in [6.07, 6.45) is 3.02. The lowest BCUT2D eigenvalue weighted by atomic mass is 9.98. The van der Waals surface area contributed by atoms with Crippen LogP contribution in [-0.2, 0) is 6.42 Å². The minimum absolute atomic E-state index is 0.285. The van der Waals surface area contributed by atoms with Gasteiger partial charge in [-0.1, -0.05) is 6.92 Å². The number of aromatic nitrogens is 2. The van der Waals surface area contributed by atoms with Crippen LogP contribution in [0.25, 0.3) is 10.2 Å². The number of nitrogen functional groups attached to an aromatic ring is 1. The molecule has 0 radical (unpaired) electrons. The normalized spacial score (nSPS) is 17.0. The number of aryl methyl sites for hydroxylation is 1.